The largest absolute Gasteiger partial charge is 0.370 e. The average Bonchev–Trinajstić information content (AvgIpc) is 2.69. The van der Waals surface area contributed by atoms with Gasteiger partial charge in [0.25, 0.3) is 0 Å². The minimum atomic E-state index is 0.643. The molecule has 3 heterocycles. The van der Waals surface area contributed by atoms with E-state index in [4.69, 9.17) is 0 Å². The molecule has 3 N–H and O–H groups in total. The molecule has 7 nitrogen and oxygen atoms in total. The molecule has 0 saturated carbocycles. The summed E-state index contributed by atoms with van der Waals surface area (Å²) in [4.78, 5) is 15.9. The van der Waals surface area contributed by atoms with Crippen LogP contribution in [0.25, 0.3) is 11.4 Å². The van der Waals surface area contributed by atoms with Gasteiger partial charge in [0.05, 0.1) is 11.4 Å². The van der Waals surface area contributed by atoms with Gasteiger partial charge in [-0.3, -0.25) is 4.98 Å². The van der Waals surface area contributed by atoms with Crippen LogP contribution in [0, 0.1) is 5.92 Å². The van der Waals surface area contributed by atoms with Gasteiger partial charge in [-0.2, -0.15) is 4.98 Å². The number of pyridine rings is 1. The molecule has 7 heteroatoms. The molecule has 1 fully saturated rings. The summed E-state index contributed by atoms with van der Waals surface area (Å²) in [7, 11) is 4.11. The zero-order chi connectivity index (χ0) is 18.9. The van der Waals surface area contributed by atoms with Crippen molar-refractivity contribution in [1.29, 1.82) is 0 Å². The van der Waals surface area contributed by atoms with Gasteiger partial charge in [-0.1, -0.05) is 6.07 Å². The first-order valence-corrected chi connectivity index (χ1v) is 9.84. The molecule has 0 amide bonds. The Morgan fingerprint density at radius 1 is 1.07 bits per heavy atom. The van der Waals surface area contributed by atoms with E-state index in [0.717, 1.165) is 55.8 Å². The van der Waals surface area contributed by atoms with Gasteiger partial charge in [-0.25, -0.2) is 4.98 Å². The Kier molecular flexibility index (Phi) is 7.36. The van der Waals surface area contributed by atoms with Gasteiger partial charge in [0.15, 0.2) is 0 Å². The molecular formula is C20H31N7. The smallest absolute Gasteiger partial charge is 0.225 e. The van der Waals surface area contributed by atoms with Gasteiger partial charge in [0.2, 0.25) is 5.95 Å². The molecule has 27 heavy (non-hydrogen) atoms. The third-order valence-corrected chi connectivity index (χ3v) is 4.81. The first-order valence-electron chi connectivity index (χ1n) is 9.84. The van der Waals surface area contributed by atoms with Crippen LogP contribution in [0.2, 0.25) is 0 Å². The summed E-state index contributed by atoms with van der Waals surface area (Å²) in [5.74, 6) is 2.30. The van der Waals surface area contributed by atoms with E-state index in [1.54, 1.807) is 6.20 Å². The molecule has 0 bridgehead atoms. The summed E-state index contributed by atoms with van der Waals surface area (Å²) >= 11 is 0. The van der Waals surface area contributed by atoms with Gasteiger partial charge in [-0.15, -0.1) is 0 Å². The van der Waals surface area contributed by atoms with E-state index in [1.165, 1.54) is 19.3 Å². The Balaban J connectivity index is 1.66. The summed E-state index contributed by atoms with van der Waals surface area (Å²) < 4.78 is 0. The van der Waals surface area contributed by atoms with Crippen molar-refractivity contribution in [3.05, 3.63) is 30.5 Å². The monoisotopic (exact) mass is 369 g/mol. The lowest BCUT2D eigenvalue weighted by Gasteiger charge is -2.22. The maximum Gasteiger partial charge on any atom is 0.225 e. The van der Waals surface area contributed by atoms with Crippen molar-refractivity contribution in [2.24, 2.45) is 5.92 Å². The van der Waals surface area contributed by atoms with Gasteiger partial charge in [0, 0.05) is 31.9 Å². The van der Waals surface area contributed by atoms with Crippen molar-refractivity contribution >= 4 is 11.8 Å². The standard InChI is InChI=1S/C20H31N7/c1-27(2)14-13-24-20-25-18(17-5-3-4-9-22-17)15-19(26-20)23-12-8-16-6-10-21-11-7-16/h3-5,9,15-16,21H,6-8,10-14H2,1-2H3,(H2,23,24,25,26). The van der Waals surface area contributed by atoms with Gasteiger partial charge >= 0.3 is 0 Å². The van der Waals surface area contributed by atoms with E-state index in [0.29, 0.717) is 5.95 Å². The molecule has 2 aromatic rings. The van der Waals surface area contributed by atoms with Gasteiger partial charge in [-0.05, 0) is 64.5 Å². The van der Waals surface area contributed by atoms with Crippen LogP contribution in [-0.4, -0.2) is 66.7 Å². The number of nitrogens with zero attached hydrogens (tertiary/aromatic N) is 4. The first-order chi connectivity index (χ1) is 13.2. The molecule has 1 aliphatic rings. The third-order valence-electron chi connectivity index (χ3n) is 4.81. The lowest BCUT2D eigenvalue weighted by molar-refractivity contribution is 0.361. The molecule has 0 radical (unpaired) electrons. The van der Waals surface area contributed by atoms with E-state index in [1.807, 2.05) is 24.3 Å². The highest BCUT2D eigenvalue weighted by molar-refractivity contribution is 5.60. The summed E-state index contributed by atoms with van der Waals surface area (Å²) in [5.41, 5.74) is 1.69. The van der Waals surface area contributed by atoms with Crippen LogP contribution in [0.3, 0.4) is 0 Å². The summed E-state index contributed by atoms with van der Waals surface area (Å²) in [6.45, 7) is 4.94. The van der Waals surface area contributed by atoms with E-state index < -0.39 is 0 Å². The van der Waals surface area contributed by atoms with Crippen molar-refractivity contribution < 1.29 is 0 Å². The molecule has 1 aliphatic heterocycles. The maximum atomic E-state index is 4.65. The Morgan fingerprint density at radius 2 is 1.93 bits per heavy atom. The van der Waals surface area contributed by atoms with Gasteiger partial charge < -0.3 is 20.9 Å². The lowest BCUT2D eigenvalue weighted by atomic mass is 9.95. The minimum absolute atomic E-state index is 0.643. The predicted octanol–water partition coefficient (Wildman–Crippen LogP) is 2.31. The highest BCUT2D eigenvalue weighted by Gasteiger charge is 2.13. The Morgan fingerprint density at radius 3 is 2.67 bits per heavy atom. The fourth-order valence-electron chi connectivity index (χ4n) is 3.23. The normalized spacial score (nSPS) is 15.1. The van der Waals surface area contributed by atoms with Crippen molar-refractivity contribution in [2.45, 2.75) is 19.3 Å². The summed E-state index contributed by atoms with van der Waals surface area (Å²) in [6, 6.07) is 7.86. The summed E-state index contributed by atoms with van der Waals surface area (Å²) in [5, 5.41) is 10.2. The Bertz CT molecular complexity index is 684. The molecule has 0 spiro atoms. The molecule has 3 rings (SSSR count). The summed E-state index contributed by atoms with van der Waals surface area (Å²) in [6.07, 6.45) is 5.50. The third kappa shape index (κ3) is 6.45. The molecular weight excluding hydrogens is 338 g/mol. The van der Waals surface area contributed by atoms with Crippen LogP contribution in [-0.2, 0) is 0 Å². The Hall–Kier alpha value is -2.25. The molecule has 146 valence electrons. The number of hydrogen-bond acceptors (Lipinski definition) is 7. The van der Waals surface area contributed by atoms with Crippen molar-refractivity contribution in [3.8, 4) is 11.4 Å². The number of piperidine rings is 1. The molecule has 0 aliphatic carbocycles. The van der Waals surface area contributed by atoms with Crippen molar-refractivity contribution in [2.75, 3.05) is 57.5 Å². The highest BCUT2D eigenvalue weighted by atomic mass is 15.2. The van der Waals surface area contributed by atoms with Crippen LogP contribution in [0.1, 0.15) is 19.3 Å². The van der Waals surface area contributed by atoms with Crippen molar-refractivity contribution in [3.63, 3.8) is 0 Å². The molecule has 0 aromatic carbocycles. The number of hydrogen-bond donors (Lipinski definition) is 3. The second kappa shape index (κ2) is 10.2. The number of rotatable bonds is 9. The van der Waals surface area contributed by atoms with E-state index in [9.17, 15) is 0 Å². The second-order valence-corrected chi connectivity index (χ2v) is 7.32. The number of likely N-dealkylation sites (N-methyl/N-ethyl adjacent to an activating group) is 1. The fraction of sp³-hybridized carbons (Fsp3) is 0.550. The topological polar surface area (TPSA) is 78.0 Å². The molecule has 1 saturated heterocycles. The van der Waals surface area contributed by atoms with Crippen LogP contribution in [0.4, 0.5) is 11.8 Å². The molecule has 0 unspecified atom stereocenters. The quantitative estimate of drug-likeness (QED) is 0.626. The fourth-order valence-corrected chi connectivity index (χ4v) is 3.23. The lowest BCUT2D eigenvalue weighted by Crippen LogP contribution is -2.28. The van der Waals surface area contributed by atoms with Crippen LogP contribution in [0.15, 0.2) is 30.5 Å². The first kappa shape index (κ1) is 19.5. The zero-order valence-electron chi connectivity index (χ0n) is 16.4. The average molecular weight is 370 g/mol. The van der Waals surface area contributed by atoms with Crippen LogP contribution in [0.5, 0.6) is 0 Å². The van der Waals surface area contributed by atoms with Crippen LogP contribution >= 0.6 is 0 Å². The number of nitrogens with one attached hydrogen (secondary N) is 3. The predicted molar refractivity (Wildman–Crippen MR) is 111 cm³/mol. The van der Waals surface area contributed by atoms with Crippen LogP contribution < -0.4 is 16.0 Å². The minimum Gasteiger partial charge on any atom is -0.370 e. The second-order valence-electron chi connectivity index (χ2n) is 7.32. The zero-order valence-corrected chi connectivity index (χ0v) is 16.4. The van der Waals surface area contributed by atoms with E-state index >= 15 is 0 Å². The van der Waals surface area contributed by atoms with E-state index in [-0.39, 0.29) is 0 Å². The number of aromatic nitrogens is 3. The number of anilines is 2. The SMILES string of the molecule is CN(C)CCNc1nc(NCCC2CCNCC2)cc(-c2ccccn2)n1. The molecule has 0 atom stereocenters. The van der Waals surface area contributed by atoms with Crippen molar-refractivity contribution in [1.82, 2.24) is 25.2 Å². The molecule has 2 aromatic heterocycles. The van der Waals surface area contributed by atoms with Gasteiger partial charge in [0.1, 0.15) is 5.82 Å². The maximum absolute atomic E-state index is 4.65. The van der Waals surface area contributed by atoms with E-state index in [2.05, 4.69) is 49.9 Å². The highest BCUT2D eigenvalue weighted by Crippen LogP contribution is 2.20. The Labute approximate surface area is 162 Å².